The van der Waals surface area contributed by atoms with Crippen LogP contribution in [0.15, 0.2) is 60.7 Å². The number of methoxy groups -OCH3 is 4. The molecule has 0 saturated heterocycles. The van der Waals surface area contributed by atoms with Gasteiger partial charge in [-0.15, -0.1) is 0 Å². The monoisotopic (exact) mass is 407 g/mol. The Morgan fingerprint density at radius 2 is 1.30 bits per heavy atom. The summed E-state index contributed by atoms with van der Waals surface area (Å²) in [4.78, 5) is 0. The van der Waals surface area contributed by atoms with Crippen LogP contribution in [0.25, 0.3) is 11.1 Å². The van der Waals surface area contributed by atoms with E-state index in [0.29, 0.717) is 18.0 Å². The van der Waals surface area contributed by atoms with Gasteiger partial charge in [0.2, 0.25) is 0 Å². The summed E-state index contributed by atoms with van der Waals surface area (Å²) >= 11 is 0. The van der Waals surface area contributed by atoms with E-state index in [-0.39, 0.29) is 6.04 Å². The van der Waals surface area contributed by atoms with Gasteiger partial charge in [0.05, 0.1) is 28.4 Å². The van der Waals surface area contributed by atoms with Crippen LogP contribution in [0.1, 0.15) is 24.1 Å². The minimum Gasteiger partial charge on any atom is -0.496 e. The fourth-order valence-electron chi connectivity index (χ4n) is 3.45. The molecule has 0 radical (unpaired) electrons. The zero-order valence-electron chi connectivity index (χ0n) is 18.2. The maximum absolute atomic E-state index is 5.52. The minimum absolute atomic E-state index is 0.162. The lowest BCUT2D eigenvalue weighted by atomic mass is 10.0. The van der Waals surface area contributed by atoms with Gasteiger partial charge in [-0.2, -0.15) is 0 Å². The fraction of sp³-hybridized carbons (Fsp3) is 0.280. The number of para-hydroxylation sites is 1. The second-order valence-corrected chi connectivity index (χ2v) is 6.94. The van der Waals surface area contributed by atoms with E-state index in [1.54, 1.807) is 28.4 Å². The van der Waals surface area contributed by atoms with E-state index in [2.05, 4.69) is 42.6 Å². The molecule has 30 heavy (non-hydrogen) atoms. The predicted octanol–water partition coefficient (Wildman–Crippen LogP) is 5.24. The van der Waals surface area contributed by atoms with E-state index >= 15 is 0 Å². The summed E-state index contributed by atoms with van der Waals surface area (Å²) in [7, 11) is 6.60. The van der Waals surface area contributed by atoms with Crippen LogP contribution in [0, 0.1) is 0 Å². The minimum atomic E-state index is 0.162. The molecular formula is C25H29NO4. The van der Waals surface area contributed by atoms with E-state index in [4.69, 9.17) is 18.9 Å². The lowest BCUT2D eigenvalue weighted by Crippen LogP contribution is -2.18. The van der Waals surface area contributed by atoms with Crippen molar-refractivity contribution in [2.45, 2.75) is 19.5 Å². The van der Waals surface area contributed by atoms with E-state index in [0.717, 1.165) is 28.2 Å². The van der Waals surface area contributed by atoms with Crippen LogP contribution < -0.4 is 24.3 Å². The Hall–Kier alpha value is -3.18. The average Bonchev–Trinajstić information content (AvgIpc) is 2.81. The Labute approximate surface area is 178 Å². The highest BCUT2D eigenvalue weighted by molar-refractivity contribution is 5.70. The zero-order valence-corrected chi connectivity index (χ0v) is 18.2. The van der Waals surface area contributed by atoms with E-state index in [9.17, 15) is 0 Å². The first-order chi connectivity index (χ1) is 14.6. The van der Waals surface area contributed by atoms with Crippen LogP contribution in [0.2, 0.25) is 0 Å². The fourth-order valence-corrected chi connectivity index (χ4v) is 3.45. The lowest BCUT2D eigenvalue weighted by Gasteiger charge is -2.18. The molecule has 1 N–H and O–H groups in total. The molecule has 3 rings (SSSR count). The van der Waals surface area contributed by atoms with Crippen LogP contribution >= 0.6 is 0 Å². The van der Waals surface area contributed by atoms with Crippen molar-refractivity contribution in [1.29, 1.82) is 0 Å². The van der Waals surface area contributed by atoms with Crippen molar-refractivity contribution in [3.8, 4) is 34.1 Å². The van der Waals surface area contributed by atoms with Gasteiger partial charge in [-0.3, -0.25) is 0 Å². The van der Waals surface area contributed by atoms with Crippen LogP contribution in [-0.4, -0.2) is 28.4 Å². The summed E-state index contributed by atoms with van der Waals surface area (Å²) in [5, 5.41) is 3.56. The number of hydrogen-bond donors (Lipinski definition) is 1. The van der Waals surface area contributed by atoms with Crippen molar-refractivity contribution in [2.24, 2.45) is 0 Å². The van der Waals surface area contributed by atoms with Crippen LogP contribution in [0.4, 0.5) is 0 Å². The van der Waals surface area contributed by atoms with Gasteiger partial charge in [0.1, 0.15) is 11.5 Å². The molecule has 3 aromatic carbocycles. The molecule has 5 nitrogen and oxygen atoms in total. The molecule has 158 valence electrons. The van der Waals surface area contributed by atoms with Gasteiger partial charge in [-0.1, -0.05) is 42.5 Å². The quantitative estimate of drug-likeness (QED) is 0.526. The topological polar surface area (TPSA) is 49.0 Å². The summed E-state index contributed by atoms with van der Waals surface area (Å²) in [6.45, 7) is 2.78. The maximum Gasteiger partial charge on any atom is 0.164 e. The van der Waals surface area contributed by atoms with Crippen molar-refractivity contribution in [2.75, 3.05) is 28.4 Å². The standard InChI is InChI=1S/C25H29NO4/c1-17(26-16-20-14-24(29-4)25(30-5)15-23(20)28-3)18-10-12-19(13-11-18)21-8-6-7-9-22(21)27-2/h6-15,17,26H,16H2,1-5H3. The summed E-state index contributed by atoms with van der Waals surface area (Å²) in [6, 6.07) is 20.5. The molecule has 5 heteroatoms. The largest absolute Gasteiger partial charge is 0.496 e. The Balaban J connectivity index is 1.73. The smallest absolute Gasteiger partial charge is 0.164 e. The van der Waals surface area contributed by atoms with Gasteiger partial charge in [0.25, 0.3) is 0 Å². The molecule has 0 aliphatic heterocycles. The Kier molecular flexibility index (Phi) is 7.20. The molecule has 1 atom stereocenters. The second-order valence-electron chi connectivity index (χ2n) is 6.94. The number of rotatable bonds is 9. The Morgan fingerprint density at radius 3 is 1.93 bits per heavy atom. The molecular weight excluding hydrogens is 378 g/mol. The third-order valence-corrected chi connectivity index (χ3v) is 5.21. The molecule has 0 amide bonds. The lowest BCUT2D eigenvalue weighted by molar-refractivity contribution is 0.346. The molecule has 0 heterocycles. The SMILES string of the molecule is COc1cc(OC)c(OC)cc1CNC(C)c1ccc(-c2ccccc2OC)cc1. The summed E-state index contributed by atoms with van der Waals surface area (Å²) < 4.78 is 21.8. The molecule has 0 saturated carbocycles. The van der Waals surface area contributed by atoms with Gasteiger partial charge >= 0.3 is 0 Å². The molecule has 0 bridgehead atoms. The highest BCUT2D eigenvalue weighted by Crippen LogP contribution is 2.35. The van der Waals surface area contributed by atoms with Gasteiger partial charge in [0, 0.05) is 29.8 Å². The van der Waals surface area contributed by atoms with Gasteiger partial charge in [0.15, 0.2) is 11.5 Å². The Morgan fingerprint density at radius 1 is 0.700 bits per heavy atom. The number of hydrogen-bond acceptors (Lipinski definition) is 5. The molecule has 3 aromatic rings. The third kappa shape index (κ3) is 4.69. The summed E-state index contributed by atoms with van der Waals surface area (Å²) in [5.74, 6) is 2.97. The predicted molar refractivity (Wildman–Crippen MR) is 120 cm³/mol. The van der Waals surface area contributed by atoms with Gasteiger partial charge in [-0.05, 0) is 30.2 Å². The number of nitrogens with one attached hydrogen (secondary N) is 1. The average molecular weight is 408 g/mol. The highest BCUT2D eigenvalue weighted by Gasteiger charge is 2.13. The normalized spacial score (nSPS) is 11.6. The van der Waals surface area contributed by atoms with Gasteiger partial charge < -0.3 is 24.3 Å². The second kappa shape index (κ2) is 10.0. The number of ether oxygens (including phenoxy) is 4. The first-order valence-electron chi connectivity index (χ1n) is 9.86. The van der Waals surface area contributed by atoms with Crippen molar-refractivity contribution in [1.82, 2.24) is 5.32 Å². The van der Waals surface area contributed by atoms with Crippen molar-refractivity contribution < 1.29 is 18.9 Å². The van der Waals surface area contributed by atoms with E-state index in [1.807, 2.05) is 30.3 Å². The third-order valence-electron chi connectivity index (χ3n) is 5.21. The molecule has 0 fully saturated rings. The van der Waals surface area contributed by atoms with Crippen molar-refractivity contribution in [3.63, 3.8) is 0 Å². The maximum atomic E-state index is 5.52. The van der Waals surface area contributed by atoms with Crippen LogP contribution in [-0.2, 0) is 6.54 Å². The van der Waals surface area contributed by atoms with E-state index in [1.165, 1.54) is 5.56 Å². The molecule has 0 spiro atoms. The molecule has 1 unspecified atom stereocenters. The highest BCUT2D eigenvalue weighted by atomic mass is 16.5. The first-order valence-corrected chi connectivity index (χ1v) is 9.86. The van der Waals surface area contributed by atoms with Crippen molar-refractivity contribution in [3.05, 3.63) is 71.8 Å². The zero-order chi connectivity index (χ0) is 21.5. The molecule has 0 aliphatic rings. The Bertz CT molecular complexity index is 969. The van der Waals surface area contributed by atoms with Crippen molar-refractivity contribution >= 4 is 0 Å². The van der Waals surface area contributed by atoms with Crippen LogP contribution in [0.5, 0.6) is 23.0 Å². The molecule has 0 aromatic heterocycles. The van der Waals surface area contributed by atoms with E-state index < -0.39 is 0 Å². The number of benzene rings is 3. The van der Waals surface area contributed by atoms with Crippen LogP contribution in [0.3, 0.4) is 0 Å². The summed E-state index contributed by atoms with van der Waals surface area (Å²) in [5.41, 5.74) is 4.42. The summed E-state index contributed by atoms with van der Waals surface area (Å²) in [6.07, 6.45) is 0. The first kappa shape index (κ1) is 21.5. The van der Waals surface area contributed by atoms with Gasteiger partial charge in [-0.25, -0.2) is 0 Å². The molecule has 0 aliphatic carbocycles.